The predicted molar refractivity (Wildman–Crippen MR) is 148 cm³/mol. The normalized spacial score (nSPS) is 12.1. The summed E-state index contributed by atoms with van der Waals surface area (Å²) in [6.45, 7) is 1.28. The second kappa shape index (κ2) is 13.1. The van der Waals surface area contributed by atoms with Crippen molar-refractivity contribution in [1.82, 2.24) is 5.32 Å². The lowest BCUT2D eigenvalue weighted by molar-refractivity contribution is 0.106. The second-order valence-electron chi connectivity index (χ2n) is 8.74. The summed E-state index contributed by atoms with van der Waals surface area (Å²) in [4.78, 5) is 0. The Bertz CT molecular complexity index is 1220. The third-order valence-electron chi connectivity index (χ3n) is 5.93. The second-order valence-corrected chi connectivity index (χ2v) is 11.5. The molecule has 0 aliphatic heterocycles. The highest BCUT2D eigenvalue weighted by atomic mass is 31.2. The van der Waals surface area contributed by atoms with Gasteiger partial charge in [0, 0.05) is 17.2 Å². The molecule has 0 bridgehead atoms. The number of benzene rings is 4. The van der Waals surface area contributed by atoms with Crippen molar-refractivity contribution in [3.63, 3.8) is 0 Å². The lowest BCUT2D eigenvalue weighted by atomic mass is 10.1. The van der Waals surface area contributed by atoms with Crippen LogP contribution in [0.5, 0.6) is 17.2 Å². The first-order valence-electron chi connectivity index (χ1n) is 12.3. The van der Waals surface area contributed by atoms with E-state index in [-0.39, 0.29) is 18.7 Å². The van der Waals surface area contributed by atoms with Gasteiger partial charge in [-0.2, -0.15) is 0 Å². The number of ether oxygens (including phenoxy) is 2. The highest BCUT2D eigenvalue weighted by molar-refractivity contribution is 7.78. The Morgan fingerprint density at radius 2 is 1.27 bits per heavy atom. The molecule has 4 aromatic carbocycles. The molecule has 37 heavy (non-hydrogen) atoms. The number of nitrogens with one attached hydrogen (secondary N) is 1. The van der Waals surface area contributed by atoms with Gasteiger partial charge in [-0.15, -0.1) is 0 Å². The monoisotopic (exact) mass is 517 g/mol. The van der Waals surface area contributed by atoms with E-state index in [9.17, 15) is 14.8 Å². The van der Waals surface area contributed by atoms with E-state index in [1.54, 1.807) is 24.3 Å². The SMILES string of the molecule is O=P(COc1ccc(CCNC[C@H](O)COc2ccc(O)cc2)cc1)(c1ccccc1)c1ccccc1. The summed E-state index contributed by atoms with van der Waals surface area (Å²) in [5, 5.41) is 24.2. The van der Waals surface area contributed by atoms with E-state index in [1.165, 1.54) is 0 Å². The molecule has 0 spiro atoms. The fourth-order valence-electron chi connectivity index (χ4n) is 3.85. The highest BCUT2D eigenvalue weighted by Gasteiger charge is 2.28. The van der Waals surface area contributed by atoms with Crippen molar-refractivity contribution in [1.29, 1.82) is 0 Å². The average Bonchev–Trinajstić information content (AvgIpc) is 2.95. The molecule has 0 heterocycles. The van der Waals surface area contributed by atoms with Gasteiger partial charge in [-0.3, -0.25) is 0 Å². The third-order valence-corrected chi connectivity index (χ3v) is 8.69. The van der Waals surface area contributed by atoms with Gasteiger partial charge in [-0.25, -0.2) is 0 Å². The molecular weight excluding hydrogens is 485 g/mol. The van der Waals surface area contributed by atoms with Gasteiger partial charge in [0.25, 0.3) is 0 Å². The number of aliphatic hydroxyl groups excluding tert-OH is 1. The molecule has 0 amide bonds. The largest absolute Gasteiger partial charge is 0.508 e. The number of rotatable bonds is 13. The minimum Gasteiger partial charge on any atom is -0.508 e. The van der Waals surface area contributed by atoms with Gasteiger partial charge in [0.15, 0.2) is 7.14 Å². The summed E-state index contributed by atoms with van der Waals surface area (Å²) >= 11 is 0. The summed E-state index contributed by atoms with van der Waals surface area (Å²) < 4.78 is 25.6. The van der Waals surface area contributed by atoms with Crippen LogP contribution < -0.4 is 25.4 Å². The maximum absolute atomic E-state index is 14.1. The molecule has 0 aliphatic rings. The molecule has 0 aromatic heterocycles. The van der Waals surface area contributed by atoms with Crippen LogP contribution in [0.2, 0.25) is 0 Å². The summed E-state index contributed by atoms with van der Waals surface area (Å²) in [5.74, 6) is 1.45. The predicted octanol–water partition coefficient (Wildman–Crippen LogP) is 4.31. The average molecular weight is 518 g/mol. The van der Waals surface area contributed by atoms with Crippen molar-refractivity contribution in [2.24, 2.45) is 0 Å². The molecule has 0 saturated heterocycles. The minimum atomic E-state index is -2.94. The van der Waals surface area contributed by atoms with Crippen molar-refractivity contribution >= 4 is 17.8 Å². The summed E-state index contributed by atoms with van der Waals surface area (Å²) in [6, 6.07) is 33.2. The molecular formula is C30H32NO5P. The van der Waals surface area contributed by atoms with Crippen LogP contribution in [0, 0.1) is 0 Å². The Kier molecular flexibility index (Phi) is 9.39. The van der Waals surface area contributed by atoms with Crippen LogP contribution >= 0.6 is 7.14 Å². The Labute approximate surface area is 217 Å². The molecule has 6 nitrogen and oxygen atoms in total. The molecule has 192 valence electrons. The minimum absolute atomic E-state index is 0.0893. The lowest BCUT2D eigenvalue weighted by Crippen LogP contribution is -2.32. The Balaban J connectivity index is 1.23. The van der Waals surface area contributed by atoms with Crippen LogP contribution in [0.4, 0.5) is 0 Å². The van der Waals surface area contributed by atoms with E-state index in [2.05, 4.69) is 5.32 Å². The molecule has 4 aromatic rings. The molecule has 0 aliphatic carbocycles. The molecule has 3 N–H and O–H groups in total. The molecule has 1 atom stereocenters. The molecule has 0 fully saturated rings. The smallest absolute Gasteiger partial charge is 0.178 e. The quantitative estimate of drug-likeness (QED) is 0.181. The van der Waals surface area contributed by atoms with Gasteiger partial charge in [0.05, 0.1) is 0 Å². The number of phenolic OH excluding ortho intramolecular Hbond substituents is 1. The van der Waals surface area contributed by atoms with Crippen LogP contribution in [-0.4, -0.2) is 42.4 Å². The number of hydrogen-bond acceptors (Lipinski definition) is 6. The zero-order valence-electron chi connectivity index (χ0n) is 20.6. The van der Waals surface area contributed by atoms with Crippen LogP contribution in [0.15, 0.2) is 109 Å². The van der Waals surface area contributed by atoms with E-state index in [0.717, 1.165) is 22.6 Å². The number of hydrogen-bond donors (Lipinski definition) is 3. The van der Waals surface area contributed by atoms with Crippen molar-refractivity contribution in [2.45, 2.75) is 12.5 Å². The van der Waals surface area contributed by atoms with E-state index >= 15 is 0 Å². The Morgan fingerprint density at radius 1 is 0.730 bits per heavy atom. The fourth-order valence-corrected chi connectivity index (χ4v) is 6.08. The summed E-state index contributed by atoms with van der Waals surface area (Å²) in [7, 11) is -2.94. The summed E-state index contributed by atoms with van der Waals surface area (Å²) in [6.07, 6.45) is 0.235. The van der Waals surface area contributed by atoms with Crippen LogP contribution in [0.1, 0.15) is 5.56 Å². The highest BCUT2D eigenvalue weighted by Crippen LogP contribution is 2.43. The van der Waals surface area contributed by atoms with Crippen LogP contribution in [-0.2, 0) is 11.0 Å². The maximum atomic E-state index is 14.1. The molecule has 0 radical (unpaired) electrons. The molecule has 0 unspecified atom stereocenters. The van der Waals surface area contributed by atoms with Gasteiger partial charge in [-0.05, 0) is 54.9 Å². The van der Waals surface area contributed by atoms with Crippen LogP contribution in [0.3, 0.4) is 0 Å². The number of aliphatic hydroxyl groups is 1. The first kappa shape index (κ1) is 26.5. The Hall–Kier alpha value is -3.57. The van der Waals surface area contributed by atoms with Gasteiger partial charge in [-0.1, -0.05) is 72.8 Å². The van der Waals surface area contributed by atoms with Gasteiger partial charge >= 0.3 is 0 Å². The first-order valence-corrected chi connectivity index (χ1v) is 14.1. The number of aromatic hydroxyl groups is 1. The Morgan fingerprint density at radius 3 is 1.86 bits per heavy atom. The van der Waals surface area contributed by atoms with Gasteiger partial charge < -0.3 is 29.6 Å². The molecule has 0 saturated carbocycles. The van der Waals surface area contributed by atoms with E-state index in [0.29, 0.717) is 24.6 Å². The first-order chi connectivity index (χ1) is 18.0. The topological polar surface area (TPSA) is 88.0 Å². The van der Waals surface area contributed by atoms with Crippen molar-refractivity contribution in [2.75, 3.05) is 26.0 Å². The van der Waals surface area contributed by atoms with Crippen molar-refractivity contribution in [3.05, 3.63) is 115 Å². The summed E-state index contributed by atoms with van der Waals surface area (Å²) in [5.41, 5.74) is 1.13. The van der Waals surface area contributed by atoms with E-state index < -0.39 is 13.2 Å². The fraction of sp³-hybridized carbons (Fsp3) is 0.200. The van der Waals surface area contributed by atoms with Crippen LogP contribution in [0.25, 0.3) is 0 Å². The number of phenols is 1. The molecule has 4 rings (SSSR count). The van der Waals surface area contributed by atoms with E-state index in [4.69, 9.17) is 9.47 Å². The maximum Gasteiger partial charge on any atom is 0.178 e. The van der Waals surface area contributed by atoms with Crippen molar-refractivity contribution in [3.8, 4) is 17.2 Å². The third kappa shape index (κ3) is 7.70. The van der Waals surface area contributed by atoms with Crippen molar-refractivity contribution < 1.29 is 24.3 Å². The van der Waals surface area contributed by atoms with Gasteiger partial charge in [0.1, 0.15) is 36.3 Å². The zero-order valence-corrected chi connectivity index (χ0v) is 21.5. The van der Waals surface area contributed by atoms with E-state index in [1.807, 2.05) is 84.9 Å². The zero-order chi connectivity index (χ0) is 25.9. The van der Waals surface area contributed by atoms with Gasteiger partial charge in [0.2, 0.25) is 0 Å². The standard InChI is InChI=1S/C30H32NO5P/c32-25-13-17-27(18-14-25)35-22-26(33)21-31-20-19-24-11-15-28(16-12-24)36-23-37(34,29-7-3-1-4-8-29)30-9-5-2-6-10-30/h1-18,26,31-33H,19-23H2/t26-/m0/s1. The lowest BCUT2D eigenvalue weighted by Gasteiger charge is -2.20. The molecule has 7 heteroatoms.